The van der Waals surface area contributed by atoms with Gasteiger partial charge in [0.25, 0.3) is 0 Å². The molecule has 1 rings (SSSR count). The number of nitrogens with one attached hydrogen (secondary N) is 2. The highest BCUT2D eigenvalue weighted by Gasteiger charge is 2.14. The van der Waals surface area contributed by atoms with Crippen molar-refractivity contribution < 1.29 is 9.53 Å². The summed E-state index contributed by atoms with van der Waals surface area (Å²) in [7, 11) is 1.58. The van der Waals surface area contributed by atoms with Crippen LogP contribution in [0.4, 0.5) is 5.69 Å². The van der Waals surface area contributed by atoms with Crippen molar-refractivity contribution in [3.8, 4) is 5.75 Å². The smallest absolute Gasteiger partial charge is 0.241 e. The molecule has 0 fully saturated rings. The number of hydrogen-bond acceptors (Lipinski definition) is 3. The molecule has 0 aliphatic carbocycles. The topological polar surface area (TPSA) is 50.4 Å². The first-order valence-corrected chi connectivity index (χ1v) is 5.74. The van der Waals surface area contributed by atoms with Gasteiger partial charge in [-0.3, -0.25) is 4.79 Å². The lowest BCUT2D eigenvalue weighted by atomic mass is 10.2. The minimum Gasteiger partial charge on any atom is -0.495 e. The number of amides is 1. The van der Waals surface area contributed by atoms with Crippen LogP contribution in [0.1, 0.15) is 20.8 Å². The number of ether oxygens (including phenoxy) is 1. The molecule has 0 heterocycles. The number of anilines is 1. The minimum atomic E-state index is -0.236. The van der Waals surface area contributed by atoms with Crippen LogP contribution in [0.25, 0.3) is 0 Å². The third kappa shape index (κ3) is 4.07. The van der Waals surface area contributed by atoms with Gasteiger partial charge in [0.1, 0.15) is 5.75 Å². The Morgan fingerprint density at radius 2 is 1.88 bits per heavy atom. The van der Waals surface area contributed by atoms with Crippen LogP contribution in [0.15, 0.2) is 24.3 Å². The largest absolute Gasteiger partial charge is 0.495 e. The highest BCUT2D eigenvalue weighted by Crippen LogP contribution is 2.22. The zero-order valence-corrected chi connectivity index (χ0v) is 10.8. The second-order valence-corrected chi connectivity index (χ2v) is 4.23. The number of carbonyl (C=O) groups is 1. The minimum absolute atomic E-state index is 0.0665. The molecule has 0 saturated carbocycles. The predicted octanol–water partition coefficient (Wildman–Crippen LogP) is 2.02. The Morgan fingerprint density at radius 3 is 2.47 bits per heavy atom. The monoisotopic (exact) mass is 236 g/mol. The maximum atomic E-state index is 11.9. The van der Waals surface area contributed by atoms with E-state index in [9.17, 15) is 4.79 Å². The van der Waals surface area contributed by atoms with Gasteiger partial charge in [-0.1, -0.05) is 26.0 Å². The Morgan fingerprint density at radius 1 is 1.24 bits per heavy atom. The van der Waals surface area contributed by atoms with Gasteiger partial charge < -0.3 is 15.4 Å². The van der Waals surface area contributed by atoms with E-state index < -0.39 is 0 Å². The molecule has 94 valence electrons. The van der Waals surface area contributed by atoms with E-state index >= 15 is 0 Å². The van der Waals surface area contributed by atoms with Gasteiger partial charge in [0.05, 0.1) is 18.8 Å². The number of benzene rings is 1. The summed E-state index contributed by atoms with van der Waals surface area (Å²) in [5, 5.41) is 5.99. The summed E-state index contributed by atoms with van der Waals surface area (Å²) in [6, 6.07) is 7.39. The molecule has 1 amide bonds. The number of carbonyl (C=O) groups excluding carboxylic acids is 1. The normalized spacial score (nSPS) is 12.3. The molecule has 0 aliphatic heterocycles. The lowest BCUT2D eigenvalue weighted by molar-refractivity contribution is -0.117. The Kier molecular flexibility index (Phi) is 4.97. The molecule has 0 saturated heterocycles. The summed E-state index contributed by atoms with van der Waals surface area (Å²) in [5.74, 6) is 0.598. The van der Waals surface area contributed by atoms with Crippen LogP contribution in [-0.2, 0) is 4.79 Å². The first-order valence-electron chi connectivity index (χ1n) is 5.74. The fourth-order valence-corrected chi connectivity index (χ4v) is 1.56. The van der Waals surface area contributed by atoms with Crippen LogP contribution in [0.2, 0.25) is 0 Å². The summed E-state index contributed by atoms with van der Waals surface area (Å²) in [4.78, 5) is 11.9. The fraction of sp³-hybridized carbons (Fsp3) is 0.462. The van der Waals surface area contributed by atoms with Crippen LogP contribution in [0, 0.1) is 0 Å². The summed E-state index contributed by atoms with van der Waals surface area (Å²) in [6.45, 7) is 5.85. The zero-order chi connectivity index (χ0) is 12.8. The molecule has 2 N–H and O–H groups in total. The Labute approximate surface area is 102 Å². The van der Waals surface area contributed by atoms with Crippen LogP contribution >= 0.6 is 0 Å². The van der Waals surface area contributed by atoms with Gasteiger partial charge in [-0.2, -0.15) is 0 Å². The first kappa shape index (κ1) is 13.5. The summed E-state index contributed by atoms with van der Waals surface area (Å²) in [6.07, 6.45) is 0. The van der Waals surface area contributed by atoms with Crippen molar-refractivity contribution in [2.45, 2.75) is 32.9 Å². The van der Waals surface area contributed by atoms with Crippen molar-refractivity contribution in [2.75, 3.05) is 12.4 Å². The van der Waals surface area contributed by atoms with E-state index in [4.69, 9.17) is 4.74 Å². The average molecular weight is 236 g/mol. The van der Waals surface area contributed by atoms with E-state index in [0.717, 1.165) is 0 Å². The molecule has 0 unspecified atom stereocenters. The molecule has 0 aromatic heterocycles. The van der Waals surface area contributed by atoms with E-state index in [1.54, 1.807) is 7.11 Å². The lowest BCUT2D eigenvalue weighted by Gasteiger charge is -2.17. The number of methoxy groups -OCH3 is 1. The highest BCUT2D eigenvalue weighted by atomic mass is 16.5. The molecule has 0 spiro atoms. The molecule has 4 nitrogen and oxygen atoms in total. The van der Waals surface area contributed by atoms with Gasteiger partial charge in [-0.25, -0.2) is 0 Å². The highest BCUT2D eigenvalue weighted by molar-refractivity contribution is 5.95. The van der Waals surface area contributed by atoms with Crippen molar-refractivity contribution in [1.82, 2.24) is 5.32 Å². The van der Waals surface area contributed by atoms with Crippen LogP contribution in [0.3, 0.4) is 0 Å². The maximum absolute atomic E-state index is 11.9. The SMILES string of the molecule is COc1ccccc1NC(=O)[C@@H](C)NC(C)C. The number of hydrogen-bond donors (Lipinski definition) is 2. The van der Waals surface area contributed by atoms with Crippen molar-refractivity contribution in [1.29, 1.82) is 0 Å². The molecule has 0 radical (unpaired) electrons. The lowest BCUT2D eigenvalue weighted by Crippen LogP contribution is -2.41. The molecule has 1 aromatic rings. The number of para-hydroxylation sites is 2. The van der Waals surface area contributed by atoms with Crippen LogP contribution in [0.5, 0.6) is 5.75 Å². The van der Waals surface area contributed by atoms with Gasteiger partial charge in [-0.05, 0) is 19.1 Å². The second-order valence-electron chi connectivity index (χ2n) is 4.23. The third-order valence-corrected chi connectivity index (χ3v) is 2.34. The van der Waals surface area contributed by atoms with Gasteiger partial charge in [-0.15, -0.1) is 0 Å². The van der Waals surface area contributed by atoms with E-state index in [1.165, 1.54) is 0 Å². The van der Waals surface area contributed by atoms with Crippen molar-refractivity contribution in [3.05, 3.63) is 24.3 Å². The Bertz CT molecular complexity index is 377. The Hall–Kier alpha value is -1.55. The maximum Gasteiger partial charge on any atom is 0.241 e. The second kappa shape index (κ2) is 6.25. The molecular formula is C13H20N2O2. The Balaban J connectivity index is 2.67. The van der Waals surface area contributed by atoms with Crippen molar-refractivity contribution in [2.24, 2.45) is 0 Å². The van der Waals surface area contributed by atoms with Gasteiger partial charge >= 0.3 is 0 Å². The first-order chi connectivity index (χ1) is 8.04. The summed E-state index contributed by atoms with van der Waals surface area (Å²) < 4.78 is 5.17. The van der Waals surface area contributed by atoms with Gasteiger partial charge in [0.2, 0.25) is 5.91 Å². The van der Waals surface area contributed by atoms with Crippen LogP contribution < -0.4 is 15.4 Å². The molecule has 1 aromatic carbocycles. The molecule has 0 bridgehead atoms. The van der Waals surface area contributed by atoms with E-state index in [2.05, 4.69) is 10.6 Å². The quantitative estimate of drug-likeness (QED) is 0.822. The molecular weight excluding hydrogens is 216 g/mol. The van der Waals surface area contributed by atoms with Crippen molar-refractivity contribution >= 4 is 11.6 Å². The third-order valence-electron chi connectivity index (χ3n) is 2.34. The molecule has 0 aliphatic rings. The molecule has 4 heteroatoms. The average Bonchev–Trinajstić information content (AvgIpc) is 2.28. The van der Waals surface area contributed by atoms with Crippen molar-refractivity contribution in [3.63, 3.8) is 0 Å². The van der Waals surface area contributed by atoms with E-state index in [1.807, 2.05) is 45.0 Å². The summed E-state index contributed by atoms with van der Waals surface area (Å²) in [5.41, 5.74) is 0.692. The fourth-order valence-electron chi connectivity index (χ4n) is 1.56. The van der Waals surface area contributed by atoms with Gasteiger partial charge in [0.15, 0.2) is 0 Å². The van der Waals surface area contributed by atoms with E-state index in [-0.39, 0.29) is 18.0 Å². The zero-order valence-electron chi connectivity index (χ0n) is 10.8. The predicted molar refractivity (Wildman–Crippen MR) is 69.4 cm³/mol. The van der Waals surface area contributed by atoms with Crippen LogP contribution in [-0.4, -0.2) is 25.1 Å². The summed E-state index contributed by atoms with van der Waals surface area (Å²) >= 11 is 0. The standard InChI is InChI=1S/C13H20N2O2/c1-9(2)14-10(3)13(16)15-11-7-5-6-8-12(11)17-4/h5-10,14H,1-4H3,(H,15,16)/t10-/m1/s1. The molecule has 17 heavy (non-hydrogen) atoms. The molecule has 1 atom stereocenters. The van der Waals surface area contributed by atoms with Gasteiger partial charge in [0, 0.05) is 6.04 Å². The number of rotatable bonds is 5. The van der Waals surface area contributed by atoms with E-state index in [0.29, 0.717) is 11.4 Å².